The van der Waals surface area contributed by atoms with Crippen molar-refractivity contribution >= 4 is 48.0 Å². The molecule has 1 aromatic rings. The summed E-state index contributed by atoms with van der Waals surface area (Å²) in [5.41, 5.74) is 0. The van der Waals surface area contributed by atoms with E-state index in [0.29, 0.717) is 28.9 Å². The first-order chi connectivity index (χ1) is 7.75. The second-order valence-corrected chi connectivity index (χ2v) is 4.01. The van der Waals surface area contributed by atoms with Crippen LogP contribution in [0.15, 0.2) is 18.2 Å². The molecule has 2 N–H and O–H groups in total. The van der Waals surface area contributed by atoms with Gasteiger partial charge in [0, 0.05) is 6.54 Å². The van der Waals surface area contributed by atoms with Crippen LogP contribution in [-0.4, -0.2) is 31.4 Å². The van der Waals surface area contributed by atoms with Crippen LogP contribution in [0, 0.1) is 0 Å². The molecule has 18 heavy (non-hydrogen) atoms. The van der Waals surface area contributed by atoms with Gasteiger partial charge in [-0.2, -0.15) is 0 Å². The minimum atomic E-state index is 0. The third-order valence-corrected chi connectivity index (χ3v) is 2.76. The minimum Gasteiger partial charge on any atom is -0.492 e. The Morgan fingerprint density at radius 2 is 1.89 bits per heavy atom. The first kappa shape index (κ1) is 20.4. The third kappa shape index (κ3) is 7.52. The van der Waals surface area contributed by atoms with E-state index in [4.69, 9.17) is 33.0 Å². The van der Waals surface area contributed by atoms with Crippen LogP contribution in [0.5, 0.6) is 5.75 Å². The van der Waals surface area contributed by atoms with Crippen LogP contribution in [0.3, 0.4) is 0 Å². The third-order valence-electron chi connectivity index (χ3n) is 1.96. The molecule has 0 heterocycles. The fraction of sp³-hybridized carbons (Fsp3) is 0.455. The van der Waals surface area contributed by atoms with Gasteiger partial charge >= 0.3 is 0 Å². The number of nitrogens with one attached hydrogen (secondary N) is 1. The fourth-order valence-corrected chi connectivity index (χ4v) is 1.53. The molecule has 3 nitrogen and oxygen atoms in total. The molecule has 0 fully saturated rings. The number of rotatable bonds is 7. The second kappa shape index (κ2) is 12.2. The summed E-state index contributed by atoms with van der Waals surface area (Å²) in [6.07, 6.45) is 0.850. The number of hydrogen-bond acceptors (Lipinski definition) is 3. The largest absolute Gasteiger partial charge is 0.492 e. The number of aliphatic hydroxyl groups is 1. The molecule has 0 aliphatic heterocycles. The molecule has 0 aliphatic rings. The monoisotopic (exact) mass is 335 g/mol. The van der Waals surface area contributed by atoms with Crippen LogP contribution < -0.4 is 10.1 Å². The molecule has 0 amide bonds. The van der Waals surface area contributed by atoms with Crippen LogP contribution in [-0.2, 0) is 0 Å². The Morgan fingerprint density at radius 3 is 2.56 bits per heavy atom. The van der Waals surface area contributed by atoms with E-state index in [1.54, 1.807) is 18.2 Å². The molecular weight excluding hydrogens is 320 g/mol. The second-order valence-electron chi connectivity index (χ2n) is 3.23. The lowest BCUT2D eigenvalue weighted by atomic mass is 10.3. The summed E-state index contributed by atoms with van der Waals surface area (Å²) in [6.45, 7) is 2.14. The lowest BCUT2D eigenvalue weighted by Gasteiger charge is -2.08. The highest BCUT2D eigenvalue weighted by atomic mass is 35.5. The average Bonchev–Trinajstić information content (AvgIpc) is 2.29. The Bertz CT molecular complexity index is 326. The van der Waals surface area contributed by atoms with Crippen molar-refractivity contribution in [3.8, 4) is 5.75 Å². The molecule has 0 unspecified atom stereocenters. The lowest BCUT2D eigenvalue weighted by Crippen LogP contribution is -2.20. The first-order valence-electron chi connectivity index (χ1n) is 5.14. The van der Waals surface area contributed by atoms with Crippen molar-refractivity contribution in [1.29, 1.82) is 0 Å². The van der Waals surface area contributed by atoms with Crippen LogP contribution in [0.4, 0.5) is 0 Å². The van der Waals surface area contributed by atoms with Crippen LogP contribution >= 0.6 is 48.0 Å². The Morgan fingerprint density at radius 1 is 1.17 bits per heavy atom. The molecule has 7 heteroatoms. The van der Waals surface area contributed by atoms with E-state index in [9.17, 15) is 0 Å². The molecular formula is C11H17Cl4NO2. The van der Waals surface area contributed by atoms with E-state index in [1.165, 1.54) is 0 Å². The summed E-state index contributed by atoms with van der Waals surface area (Å²) in [4.78, 5) is 0. The lowest BCUT2D eigenvalue weighted by molar-refractivity contribution is 0.282. The van der Waals surface area contributed by atoms with E-state index in [2.05, 4.69) is 5.32 Å². The van der Waals surface area contributed by atoms with Gasteiger partial charge < -0.3 is 15.2 Å². The highest BCUT2D eigenvalue weighted by Gasteiger charge is 2.04. The van der Waals surface area contributed by atoms with Gasteiger partial charge in [0.2, 0.25) is 0 Å². The van der Waals surface area contributed by atoms with Crippen molar-refractivity contribution in [2.75, 3.05) is 26.3 Å². The number of hydrogen-bond donors (Lipinski definition) is 2. The summed E-state index contributed by atoms with van der Waals surface area (Å²) in [5.74, 6) is 0.608. The van der Waals surface area contributed by atoms with E-state index in [0.717, 1.165) is 13.0 Å². The topological polar surface area (TPSA) is 41.5 Å². The molecule has 1 aromatic carbocycles. The maximum absolute atomic E-state index is 8.54. The molecule has 1 rings (SSSR count). The summed E-state index contributed by atoms with van der Waals surface area (Å²) in [6, 6.07) is 5.31. The van der Waals surface area contributed by atoms with Gasteiger partial charge in [-0.25, -0.2) is 0 Å². The van der Waals surface area contributed by atoms with Crippen molar-refractivity contribution in [3.63, 3.8) is 0 Å². The van der Waals surface area contributed by atoms with E-state index < -0.39 is 0 Å². The highest BCUT2D eigenvalue weighted by molar-refractivity contribution is 6.42. The van der Waals surface area contributed by atoms with Crippen LogP contribution in [0.2, 0.25) is 10.0 Å². The SMILES string of the molecule is Cl.Cl.OCCNCCCOc1cccc(Cl)c1Cl. The minimum absolute atomic E-state index is 0. The Balaban J connectivity index is 0. The van der Waals surface area contributed by atoms with Crippen molar-refractivity contribution in [2.24, 2.45) is 0 Å². The number of aliphatic hydroxyl groups excluding tert-OH is 1. The molecule has 0 radical (unpaired) electrons. The van der Waals surface area contributed by atoms with Gasteiger partial charge in [0.05, 0.1) is 18.2 Å². The van der Waals surface area contributed by atoms with Gasteiger partial charge in [0.25, 0.3) is 0 Å². The van der Waals surface area contributed by atoms with Crippen LogP contribution in [0.1, 0.15) is 6.42 Å². The smallest absolute Gasteiger partial charge is 0.139 e. The van der Waals surface area contributed by atoms with E-state index in [-0.39, 0.29) is 31.4 Å². The maximum Gasteiger partial charge on any atom is 0.139 e. The molecule has 0 saturated carbocycles. The summed E-state index contributed by atoms with van der Waals surface area (Å²) in [5, 5.41) is 12.5. The van der Waals surface area contributed by atoms with Crippen molar-refractivity contribution in [1.82, 2.24) is 5.32 Å². The number of benzene rings is 1. The molecule has 0 atom stereocenters. The van der Waals surface area contributed by atoms with Gasteiger partial charge in [-0.1, -0.05) is 29.3 Å². The van der Waals surface area contributed by atoms with Crippen molar-refractivity contribution in [2.45, 2.75) is 6.42 Å². The van der Waals surface area contributed by atoms with Gasteiger partial charge in [-0.3, -0.25) is 0 Å². The summed E-state index contributed by atoms with van der Waals surface area (Å²) in [7, 11) is 0. The Hall–Kier alpha value is 0.1000. The summed E-state index contributed by atoms with van der Waals surface area (Å²) >= 11 is 11.8. The first-order valence-corrected chi connectivity index (χ1v) is 5.89. The number of ether oxygens (including phenoxy) is 1. The predicted molar refractivity (Wildman–Crippen MR) is 81.0 cm³/mol. The Kier molecular flexibility index (Phi) is 13.8. The molecule has 0 saturated heterocycles. The fourth-order valence-electron chi connectivity index (χ4n) is 1.18. The zero-order valence-corrected chi connectivity index (χ0v) is 12.8. The van der Waals surface area contributed by atoms with Crippen LogP contribution in [0.25, 0.3) is 0 Å². The molecule has 0 aliphatic carbocycles. The van der Waals surface area contributed by atoms with Gasteiger partial charge in [0.15, 0.2) is 0 Å². The summed E-state index contributed by atoms with van der Waals surface area (Å²) < 4.78 is 5.48. The zero-order valence-electron chi connectivity index (χ0n) is 9.70. The van der Waals surface area contributed by atoms with Gasteiger partial charge in [0.1, 0.15) is 10.8 Å². The maximum atomic E-state index is 8.54. The van der Waals surface area contributed by atoms with E-state index >= 15 is 0 Å². The highest BCUT2D eigenvalue weighted by Crippen LogP contribution is 2.31. The van der Waals surface area contributed by atoms with Crippen molar-refractivity contribution < 1.29 is 9.84 Å². The van der Waals surface area contributed by atoms with E-state index in [1.807, 2.05) is 0 Å². The quantitative estimate of drug-likeness (QED) is 0.751. The van der Waals surface area contributed by atoms with Gasteiger partial charge in [-0.15, -0.1) is 24.8 Å². The Labute approximate surface area is 130 Å². The molecule has 0 bridgehead atoms. The molecule has 0 aromatic heterocycles. The van der Waals surface area contributed by atoms with Crippen molar-refractivity contribution in [3.05, 3.63) is 28.2 Å². The normalized spacial score (nSPS) is 9.28. The average molecular weight is 337 g/mol. The molecule has 0 spiro atoms. The predicted octanol–water partition coefficient (Wildman–Crippen LogP) is 3.19. The standard InChI is InChI=1S/C11H15Cl2NO2.2ClH/c12-9-3-1-4-10(11(9)13)16-8-2-5-14-6-7-15;;/h1,3-4,14-15H,2,5-8H2;2*1H. The van der Waals surface area contributed by atoms with Gasteiger partial charge in [-0.05, 0) is 25.1 Å². The number of halogens is 4. The molecule has 106 valence electrons. The zero-order chi connectivity index (χ0) is 11.8.